The van der Waals surface area contributed by atoms with E-state index in [9.17, 15) is 32.7 Å². The van der Waals surface area contributed by atoms with Crippen LogP contribution in [0.4, 0.5) is 4.79 Å². The number of hydrogen-bond acceptors (Lipinski definition) is 7. The summed E-state index contributed by atoms with van der Waals surface area (Å²) >= 11 is 0. The van der Waals surface area contributed by atoms with E-state index in [2.05, 4.69) is 4.72 Å². The third-order valence-electron chi connectivity index (χ3n) is 6.51. The molecule has 0 aromatic heterocycles. The summed E-state index contributed by atoms with van der Waals surface area (Å²) in [7, 11) is -4.08. The van der Waals surface area contributed by atoms with Crippen molar-refractivity contribution in [3.63, 3.8) is 0 Å². The third kappa shape index (κ3) is 8.92. The van der Waals surface area contributed by atoms with Gasteiger partial charge in [-0.3, -0.25) is 9.59 Å². The largest absolute Gasteiger partial charge is 0.480 e. The molecule has 39 heavy (non-hydrogen) atoms. The number of rotatable bonds is 8. The van der Waals surface area contributed by atoms with Crippen LogP contribution in [-0.2, 0) is 34.9 Å². The SMILES string of the molecule is CC(C)(C)OC(=O)N1CCN(C(=O)[C@@H](CC(=O)N2CCCCC2)NS(=O)(=O)Cc2ccccc2)C(C(=O)O)C1. The van der Waals surface area contributed by atoms with Gasteiger partial charge in [0.2, 0.25) is 21.8 Å². The van der Waals surface area contributed by atoms with E-state index >= 15 is 0 Å². The van der Waals surface area contributed by atoms with Crippen LogP contribution in [-0.4, -0.2) is 103 Å². The van der Waals surface area contributed by atoms with Gasteiger partial charge in [0.15, 0.2) is 0 Å². The molecule has 3 amide bonds. The van der Waals surface area contributed by atoms with Crippen molar-refractivity contribution >= 4 is 33.9 Å². The normalized spacial score (nSPS) is 19.4. The van der Waals surface area contributed by atoms with Crippen molar-refractivity contribution in [2.45, 2.75) is 69.9 Å². The summed E-state index contributed by atoms with van der Waals surface area (Å²) in [4.78, 5) is 55.3. The Kier molecular flexibility index (Phi) is 9.94. The number of carbonyl (C=O) groups excluding carboxylic acids is 3. The lowest BCUT2D eigenvalue weighted by Crippen LogP contribution is -2.63. The lowest BCUT2D eigenvalue weighted by molar-refractivity contribution is -0.154. The molecule has 0 radical (unpaired) electrons. The average Bonchev–Trinajstić information content (AvgIpc) is 2.87. The lowest BCUT2D eigenvalue weighted by Gasteiger charge is -2.41. The minimum absolute atomic E-state index is 0.00596. The van der Waals surface area contributed by atoms with E-state index in [0.29, 0.717) is 18.7 Å². The number of sulfonamides is 1. The van der Waals surface area contributed by atoms with Crippen LogP contribution < -0.4 is 4.72 Å². The first-order valence-corrected chi connectivity index (χ1v) is 14.7. The molecule has 2 heterocycles. The topological polar surface area (TPSA) is 154 Å². The van der Waals surface area contributed by atoms with Gasteiger partial charge in [-0.2, -0.15) is 0 Å². The number of nitrogens with zero attached hydrogens (tertiary/aromatic N) is 3. The maximum absolute atomic E-state index is 13.7. The van der Waals surface area contributed by atoms with Crippen molar-refractivity contribution in [3.8, 4) is 0 Å². The summed E-state index contributed by atoms with van der Waals surface area (Å²) < 4.78 is 33.8. The monoisotopic (exact) mass is 566 g/mol. The van der Waals surface area contributed by atoms with Crippen LogP contribution >= 0.6 is 0 Å². The number of likely N-dealkylation sites (tertiary alicyclic amines) is 1. The zero-order valence-corrected chi connectivity index (χ0v) is 23.5. The van der Waals surface area contributed by atoms with Gasteiger partial charge in [-0.25, -0.2) is 22.7 Å². The summed E-state index contributed by atoms with van der Waals surface area (Å²) in [5.41, 5.74) is -0.298. The van der Waals surface area contributed by atoms with Gasteiger partial charge in [-0.1, -0.05) is 30.3 Å². The van der Waals surface area contributed by atoms with Gasteiger partial charge in [0.1, 0.15) is 17.7 Å². The summed E-state index contributed by atoms with van der Waals surface area (Å²) in [5.74, 6) is -2.97. The van der Waals surface area contributed by atoms with E-state index < -0.39 is 57.9 Å². The Morgan fingerprint density at radius 2 is 1.64 bits per heavy atom. The van der Waals surface area contributed by atoms with Gasteiger partial charge in [-0.05, 0) is 45.6 Å². The highest BCUT2D eigenvalue weighted by Crippen LogP contribution is 2.19. The number of carboxylic acid groups (broad SMARTS) is 1. The smallest absolute Gasteiger partial charge is 0.410 e. The predicted molar refractivity (Wildman–Crippen MR) is 142 cm³/mol. The van der Waals surface area contributed by atoms with E-state index in [-0.39, 0.29) is 25.5 Å². The average molecular weight is 567 g/mol. The number of nitrogens with one attached hydrogen (secondary N) is 1. The molecule has 0 bridgehead atoms. The van der Waals surface area contributed by atoms with E-state index in [1.807, 2.05) is 0 Å². The van der Waals surface area contributed by atoms with Crippen LogP contribution in [0.2, 0.25) is 0 Å². The van der Waals surface area contributed by atoms with E-state index in [0.717, 1.165) is 24.2 Å². The summed E-state index contributed by atoms with van der Waals surface area (Å²) in [6.07, 6.45) is 1.47. The van der Waals surface area contributed by atoms with Gasteiger partial charge in [0.25, 0.3) is 0 Å². The van der Waals surface area contributed by atoms with E-state index in [1.165, 1.54) is 4.90 Å². The summed E-state index contributed by atoms with van der Waals surface area (Å²) in [6, 6.07) is 5.45. The van der Waals surface area contributed by atoms with Crippen LogP contribution in [0.1, 0.15) is 52.0 Å². The number of benzene rings is 1. The first-order valence-electron chi connectivity index (χ1n) is 13.1. The highest BCUT2D eigenvalue weighted by molar-refractivity contribution is 7.88. The summed E-state index contributed by atoms with van der Waals surface area (Å²) in [5, 5.41) is 9.90. The van der Waals surface area contributed by atoms with Gasteiger partial charge in [0, 0.05) is 26.2 Å². The van der Waals surface area contributed by atoms with Gasteiger partial charge in [0.05, 0.1) is 18.7 Å². The van der Waals surface area contributed by atoms with Crippen LogP contribution in [0.15, 0.2) is 30.3 Å². The second-order valence-electron chi connectivity index (χ2n) is 10.9. The van der Waals surface area contributed by atoms with Crippen molar-refractivity contribution < 1.29 is 37.4 Å². The van der Waals surface area contributed by atoms with Crippen molar-refractivity contribution in [1.82, 2.24) is 19.4 Å². The fourth-order valence-corrected chi connectivity index (χ4v) is 5.96. The molecule has 0 saturated carbocycles. The number of amides is 3. The third-order valence-corrected chi connectivity index (χ3v) is 7.86. The molecule has 1 unspecified atom stereocenters. The van der Waals surface area contributed by atoms with Crippen molar-refractivity contribution in [3.05, 3.63) is 35.9 Å². The van der Waals surface area contributed by atoms with Crippen LogP contribution in [0.3, 0.4) is 0 Å². The number of piperidine rings is 1. The van der Waals surface area contributed by atoms with E-state index in [4.69, 9.17) is 4.74 Å². The highest BCUT2D eigenvalue weighted by Gasteiger charge is 2.42. The van der Waals surface area contributed by atoms with Gasteiger partial charge in [-0.15, -0.1) is 0 Å². The molecule has 13 heteroatoms. The molecule has 0 aliphatic carbocycles. The fourth-order valence-electron chi connectivity index (χ4n) is 4.63. The Labute approximate surface area is 229 Å². The molecule has 1 aromatic carbocycles. The molecule has 3 rings (SSSR count). The zero-order valence-electron chi connectivity index (χ0n) is 22.7. The number of carbonyl (C=O) groups is 4. The van der Waals surface area contributed by atoms with Crippen LogP contribution in [0.25, 0.3) is 0 Å². The van der Waals surface area contributed by atoms with Crippen LogP contribution in [0.5, 0.6) is 0 Å². The molecule has 2 aliphatic rings. The molecule has 2 atom stereocenters. The first kappa shape index (κ1) is 30.4. The minimum Gasteiger partial charge on any atom is -0.480 e. The molecular weight excluding hydrogens is 528 g/mol. The molecule has 2 N–H and O–H groups in total. The Morgan fingerprint density at radius 3 is 2.23 bits per heavy atom. The minimum atomic E-state index is -4.08. The number of hydrogen-bond donors (Lipinski definition) is 2. The molecule has 2 aliphatic heterocycles. The molecular formula is C26H38N4O8S. The highest BCUT2D eigenvalue weighted by atomic mass is 32.2. The van der Waals surface area contributed by atoms with Gasteiger partial charge < -0.3 is 24.5 Å². The molecule has 216 valence electrons. The molecule has 2 fully saturated rings. The first-order chi connectivity index (χ1) is 18.3. The van der Waals surface area contributed by atoms with Crippen molar-refractivity contribution in [2.24, 2.45) is 0 Å². The van der Waals surface area contributed by atoms with Crippen LogP contribution in [0, 0.1) is 0 Å². The van der Waals surface area contributed by atoms with Crippen molar-refractivity contribution in [1.29, 1.82) is 0 Å². The number of carboxylic acids is 1. The lowest BCUT2D eigenvalue weighted by atomic mass is 10.1. The molecule has 1 aromatic rings. The zero-order chi connectivity index (χ0) is 28.8. The van der Waals surface area contributed by atoms with Gasteiger partial charge >= 0.3 is 12.1 Å². The van der Waals surface area contributed by atoms with E-state index in [1.54, 1.807) is 56.0 Å². The number of aliphatic carboxylic acids is 1. The predicted octanol–water partition coefficient (Wildman–Crippen LogP) is 1.41. The standard InChI is InChI=1S/C26H38N4O8S/c1-26(2,3)38-25(35)29-14-15-30(21(17-29)24(33)34)23(32)20(16-22(31)28-12-8-5-9-13-28)27-39(36,37)18-19-10-6-4-7-11-19/h4,6-7,10-11,20-21,27H,5,8-9,12-18H2,1-3H3,(H,33,34)/t20-,21?/m1/s1. The van der Waals surface area contributed by atoms with Crippen molar-refractivity contribution in [2.75, 3.05) is 32.7 Å². The maximum Gasteiger partial charge on any atom is 0.410 e. The molecule has 12 nitrogen and oxygen atoms in total. The maximum atomic E-state index is 13.7. The summed E-state index contributed by atoms with van der Waals surface area (Å²) in [6.45, 7) is 5.59. The molecule has 0 spiro atoms. The molecule has 2 saturated heterocycles. The Morgan fingerprint density at radius 1 is 1.00 bits per heavy atom. The number of piperazine rings is 1. The second-order valence-corrected chi connectivity index (χ2v) is 12.6. The number of ether oxygens (including phenoxy) is 1. The Hall–Kier alpha value is -3.19. The Balaban J connectivity index is 1.81. The second kappa shape index (κ2) is 12.8. The fraction of sp³-hybridized carbons (Fsp3) is 0.615. The quantitative estimate of drug-likeness (QED) is 0.479. The Bertz CT molecular complexity index is 1150.